The van der Waals surface area contributed by atoms with E-state index in [-0.39, 0.29) is 5.91 Å². The van der Waals surface area contributed by atoms with Crippen LogP contribution in [0.3, 0.4) is 0 Å². The second-order valence-corrected chi connectivity index (χ2v) is 7.34. The van der Waals surface area contributed by atoms with Crippen molar-refractivity contribution < 1.29 is 4.79 Å². The van der Waals surface area contributed by atoms with Crippen LogP contribution < -0.4 is 5.32 Å². The molecule has 1 aliphatic heterocycles. The molecule has 4 nitrogen and oxygen atoms in total. The normalized spacial score (nSPS) is 15.1. The number of amides is 1. The van der Waals surface area contributed by atoms with Gasteiger partial charge in [-0.25, -0.2) is 4.98 Å². The highest BCUT2D eigenvalue weighted by Crippen LogP contribution is 2.23. The maximum atomic E-state index is 12.5. The summed E-state index contributed by atoms with van der Waals surface area (Å²) in [6, 6.07) is 5.99. The number of anilines is 1. The fourth-order valence-corrected chi connectivity index (χ4v) is 3.87. The summed E-state index contributed by atoms with van der Waals surface area (Å²) in [5.41, 5.74) is 4.07. The third-order valence-corrected chi connectivity index (χ3v) is 5.51. The number of hydrogen-bond acceptors (Lipinski definition) is 4. The van der Waals surface area contributed by atoms with E-state index in [2.05, 4.69) is 29.0 Å². The third-order valence-electron chi connectivity index (χ3n) is 4.37. The zero-order valence-corrected chi connectivity index (χ0v) is 14.8. The zero-order chi connectivity index (χ0) is 16.4. The molecule has 0 aliphatic carbocycles. The average Bonchev–Trinajstić information content (AvgIpc) is 3.13. The number of carbonyl (C=O) groups is 1. The van der Waals surface area contributed by atoms with Gasteiger partial charge in [0.2, 0.25) is 0 Å². The molecule has 1 saturated heterocycles. The smallest absolute Gasteiger partial charge is 0.267 e. The predicted octanol–water partition coefficient (Wildman–Crippen LogP) is 3.92. The van der Waals surface area contributed by atoms with Gasteiger partial charge >= 0.3 is 0 Å². The van der Waals surface area contributed by atoms with Crippen LogP contribution in [0.4, 0.5) is 5.69 Å². The topological polar surface area (TPSA) is 45.2 Å². The van der Waals surface area contributed by atoms with Crippen LogP contribution in [0.25, 0.3) is 0 Å². The molecule has 1 aliphatic rings. The fraction of sp³-hybridized carbons (Fsp3) is 0.444. The highest BCUT2D eigenvalue weighted by atomic mass is 32.1. The molecule has 0 saturated carbocycles. The van der Waals surface area contributed by atoms with E-state index < -0.39 is 0 Å². The minimum atomic E-state index is -0.0593. The summed E-state index contributed by atoms with van der Waals surface area (Å²) in [6.45, 7) is 9.18. The van der Waals surface area contributed by atoms with Crippen molar-refractivity contribution >= 4 is 22.9 Å². The average molecular weight is 329 g/mol. The first-order valence-corrected chi connectivity index (χ1v) is 8.92. The fourth-order valence-electron chi connectivity index (χ4n) is 2.87. The number of rotatable bonds is 4. The Morgan fingerprint density at radius 1 is 1.22 bits per heavy atom. The van der Waals surface area contributed by atoms with Crippen LogP contribution in [0.2, 0.25) is 0 Å². The van der Waals surface area contributed by atoms with Gasteiger partial charge in [-0.05, 0) is 70.0 Å². The van der Waals surface area contributed by atoms with Crippen molar-refractivity contribution in [3.8, 4) is 0 Å². The lowest BCUT2D eigenvalue weighted by Gasteiger charge is -2.11. The maximum Gasteiger partial charge on any atom is 0.267 e. The van der Waals surface area contributed by atoms with Gasteiger partial charge in [0, 0.05) is 5.69 Å². The first kappa shape index (κ1) is 16.1. The van der Waals surface area contributed by atoms with Gasteiger partial charge < -0.3 is 5.32 Å². The lowest BCUT2D eigenvalue weighted by molar-refractivity contribution is 0.103. The molecule has 0 bridgehead atoms. The van der Waals surface area contributed by atoms with Gasteiger partial charge in [0.25, 0.3) is 5.91 Å². The highest BCUT2D eigenvalue weighted by molar-refractivity contribution is 7.13. The number of aryl methyl sites for hydroxylation is 3. The van der Waals surface area contributed by atoms with Gasteiger partial charge in [-0.3, -0.25) is 9.69 Å². The Morgan fingerprint density at radius 3 is 2.65 bits per heavy atom. The van der Waals surface area contributed by atoms with E-state index in [9.17, 15) is 4.79 Å². The standard InChI is InChI=1S/C18H23N3OS/c1-12-6-7-15(10-13(12)2)20-18(22)17-14(3)19-16(23-17)11-21-8-4-5-9-21/h6-7,10H,4-5,8-9,11H2,1-3H3,(H,20,22). The molecular weight excluding hydrogens is 306 g/mol. The monoisotopic (exact) mass is 329 g/mol. The lowest BCUT2D eigenvalue weighted by Crippen LogP contribution is -2.18. The number of likely N-dealkylation sites (tertiary alicyclic amines) is 1. The van der Waals surface area contributed by atoms with E-state index in [1.807, 2.05) is 25.1 Å². The van der Waals surface area contributed by atoms with Crippen molar-refractivity contribution in [2.75, 3.05) is 18.4 Å². The Kier molecular flexibility index (Phi) is 4.78. The number of hydrogen-bond donors (Lipinski definition) is 1. The molecular formula is C18H23N3OS. The van der Waals surface area contributed by atoms with Crippen LogP contribution in [-0.2, 0) is 6.54 Å². The van der Waals surface area contributed by atoms with Crippen LogP contribution in [0.1, 0.15) is 44.3 Å². The molecule has 5 heteroatoms. The second-order valence-electron chi connectivity index (χ2n) is 6.26. The van der Waals surface area contributed by atoms with Crippen LogP contribution >= 0.6 is 11.3 Å². The summed E-state index contributed by atoms with van der Waals surface area (Å²) in [7, 11) is 0. The van der Waals surface area contributed by atoms with Gasteiger partial charge in [0.1, 0.15) is 9.88 Å². The van der Waals surface area contributed by atoms with Crippen molar-refractivity contribution in [1.29, 1.82) is 0 Å². The van der Waals surface area contributed by atoms with E-state index in [0.717, 1.165) is 40.9 Å². The highest BCUT2D eigenvalue weighted by Gasteiger charge is 2.18. The summed E-state index contributed by atoms with van der Waals surface area (Å²) < 4.78 is 0. The second kappa shape index (κ2) is 6.81. The minimum absolute atomic E-state index is 0.0593. The Bertz CT molecular complexity index is 717. The molecule has 1 amide bonds. The zero-order valence-electron chi connectivity index (χ0n) is 14.0. The van der Waals surface area contributed by atoms with Crippen molar-refractivity contribution in [3.05, 3.63) is 44.9 Å². The SMILES string of the molecule is Cc1ccc(NC(=O)c2sc(CN3CCCC3)nc2C)cc1C. The van der Waals surface area contributed by atoms with Gasteiger partial charge in [-0.15, -0.1) is 11.3 Å². The van der Waals surface area contributed by atoms with E-state index >= 15 is 0 Å². The van der Waals surface area contributed by atoms with Crippen molar-refractivity contribution in [3.63, 3.8) is 0 Å². The molecule has 1 aromatic carbocycles. The molecule has 2 heterocycles. The van der Waals surface area contributed by atoms with Gasteiger partial charge in [0.05, 0.1) is 12.2 Å². The number of nitrogens with one attached hydrogen (secondary N) is 1. The molecule has 0 unspecified atom stereocenters. The van der Waals surface area contributed by atoms with Crippen molar-refractivity contribution in [2.24, 2.45) is 0 Å². The molecule has 0 atom stereocenters. The Morgan fingerprint density at radius 2 is 1.96 bits per heavy atom. The molecule has 23 heavy (non-hydrogen) atoms. The summed E-state index contributed by atoms with van der Waals surface area (Å²) in [5.74, 6) is -0.0593. The molecule has 1 aromatic heterocycles. The molecule has 0 radical (unpaired) electrons. The summed E-state index contributed by atoms with van der Waals surface area (Å²) in [4.78, 5) is 20.2. The first-order valence-electron chi connectivity index (χ1n) is 8.10. The predicted molar refractivity (Wildman–Crippen MR) is 95.2 cm³/mol. The van der Waals surface area contributed by atoms with Gasteiger partial charge in [0.15, 0.2) is 0 Å². The van der Waals surface area contributed by atoms with Gasteiger partial charge in [-0.2, -0.15) is 0 Å². The number of nitrogens with zero attached hydrogens (tertiary/aromatic N) is 2. The van der Waals surface area contributed by atoms with Crippen LogP contribution in [0, 0.1) is 20.8 Å². The Labute approximate surface area is 141 Å². The third kappa shape index (κ3) is 3.79. The van der Waals surface area contributed by atoms with Crippen molar-refractivity contribution in [2.45, 2.75) is 40.2 Å². The minimum Gasteiger partial charge on any atom is -0.321 e. The molecule has 1 fully saturated rings. The largest absolute Gasteiger partial charge is 0.321 e. The molecule has 1 N–H and O–H groups in total. The summed E-state index contributed by atoms with van der Waals surface area (Å²) in [6.07, 6.45) is 2.54. The molecule has 122 valence electrons. The lowest BCUT2D eigenvalue weighted by atomic mass is 10.1. The maximum absolute atomic E-state index is 12.5. The number of benzene rings is 1. The van der Waals surface area contributed by atoms with E-state index in [1.165, 1.54) is 35.3 Å². The molecule has 2 aromatic rings. The molecule has 0 spiro atoms. The summed E-state index contributed by atoms with van der Waals surface area (Å²) >= 11 is 1.52. The number of carbonyl (C=O) groups excluding carboxylic acids is 1. The van der Waals surface area contributed by atoms with Gasteiger partial charge in [-0.1, -0.05) is 6.07 Å². The van der Waals surface area contributed by atoms with Crippen molar-refractivity contribution in [1.82, 2.24) is 9.88 Å². The first-order chi connectivity index (χ1) is 11.0. The molecule has 3 rings (SSSR count). The van der Waals surface area contributed by atoms with Crippen LogP contribution in [-0.4, -0.2) is 28.9 Å². The van der Waals surface area contributed by atoms with Crippen LogP contribution in [0.5, 0.6) is 0 Å². The van der Waals surface area contributed by atoms with E-state index in [0.29, 0.717) is 0 Å². The van der Waals surface area contributed by atoms with E-state index in [4.69, 9.17) is 0 Å². The Hall–Kier alpha value is -1.72. The number of thiazole rings is 1. The summed E-state index contributed by atoms with van der Waals surface area (Å²) in [5, 5.41) is 4.03. The van der Waals surface area contributed by atoms with Crippen LogP contribution in [0.15, 0.2) is 18.2 Å². The Balaban J connectivity index is 1.71. The quantitative estimate of drug-likeness (QED) is 0.925. The van der Waals surface area contributed by atoms with E-state index in [1.54, 1.807) is 0 Å². The number of aromatic nitrogens is 1.